The third-order valence-corrected chi connectivity index (χ3v) is 5.36. The van der Waals surface area contributed by atoms with Gasteiger partial charge in [0, 0.05) is 24.2 Å². The molecule has 0 spiro atoms. The second-order valence-corrected chi connectivity index (χ2v) is 7.28. The number of nitrogens with zero attached hydrogens (tertiary/aromatic N) is 2. The van der Waals surface area contributed by atoms with E-state index in [2.05, 4.69) is 15.1 Å². The standard InChI is InChI=1S/C22H22FN3O2/c23-20-5-1-3-17(11-20)21-19(12-24-25-21)14-26-10-2-4-18(13-26)15-6-8-16(9-7-15)22(27)28/h1,3,5-9,11-12,18H,2,4,10,13-14H2,(H,24,25)(H,27,28)/t18-/m1/s1. The topological polar surface area (TPSA) is 69.2 Å². The molecule has 4 rings (SSSR count). The molecule has 0 radical (unpaired) electrons. The third-order valence-electron chi connectivity index (χ3n) is 5.36. The molecule has 5 nitrogen and oxygen atoms in total. The van der Waals surface area contributed by atoms with Crippen molar-refractivity contribution in [1.82, 2.24) is 15.1 Å². The molecule has 28 heavy (non-hydrogen) atoms. The number of carbonyl (C=O) groups is 1. The molecule has 6 heteroatoms. The number of hydrogen-bond donors (Lipinski definition) is 2. The van der Waals surface area contributed by atoms with E-state index in [1.165, 1.54) is 17.7 Å². The fraction of sp³-hybridized carbons (Fsp3) is 0.273. The molecule has 1 atom stereocenters. The minimum atomic E-state index is -0.901. The molecule has 0 bridgehead atoms. The van der Waals surface area contributed by atoms with Gasteiger partial charge >= 0.3 is 5.97 Å². The number of aromatic nitrogens is 2. The number of rotatable bonds is 5. The predicted molar refractivity (Wildman–Crippen MR) is 105 cm³/mol. The van der Waals surface area contributed by atoms with Crippen LogP contribution in [0.4, 0.5) is 4.39 Å². The lowest BCUT2D eigenvalue weighted by molar-refractivity contribution is 0.0697. The summed E-state index contributed by atoms with van der Waals surface area (Å²) in [4.78, 5) is 13.4. The Kier molecular flexibility index (Phi) is 5.21. The number of likely N-dealkylation sites (tertiary alicyclic amines) is 1. The lowest BCUT2D eigenvalue weighted by Crippen LogP contribution is -2.33. The van der Waals surface area contributed by atoms with Crippen LogP contribution < -0.4 is 0 Å². The van der Waals surface area contributed by atoms with Crippen molar-refractivity contribution in [3.05, 3.63) is 77.2 Å². The molecule has 0 saturated carbocycles. The molecule has 2 heterocycles. The van der Waals surface area contributed by atoms with Crippen molar-refractivity contribution in [3.63, 3.8) is 0 Å². The van der Waals surface area contributed by atoms with E-state index in [0.29, 0.717) is 11.5 Å². The van der Waals surface area contributed by atoms with Gasteiger partial charge in [0.05, 0.1) is 17.5 Å². The van der Waals surface area contributed by atoms with Crippen molar-refractivity contribution in [3.8, 4) is 11.3 Å². The normalized spacial score (nSPS) is 17.5. The summed E-state index contributed by atoms with van der Waals surface area (Å²) in [7, 11) is 0. The van der Waals surface area contributed by atoms with E-state index in [4.69, 9.17) is 5.11 Å². The van der Waals surface area contributed by atoms with Crippen LogP contribution >= 0.6 is 0 Å². The molecule has 144 valence electrons. The Morgan fingerprint density at radius 2 is 2.07 bits per heavy atom. The summed E-state index contributed by atoms with van der Waals surface area (Å²) in [5, 5.41) is 16.2. The van der Waals surface area contributed by atoms with Crippen LogP contribution in [0, 0.1) is 5.82 Å². The van der Waals surface area contributed by atoms with Gasteiger partial charge in [-0.2, -0.15) is 5.10 Å². The maximum absolute atomic E-state index is 13.6. The Morgan fingerprint density at radius 1 is 1.25 bits per heavy atom. The molecule has 1 saturated heterocycles. The van der Waals surface area contributed by atoms with Crippen LogP contribution in [0.2, 0.25) is 0 Å². The molecule has 3 aromatic rings. The molecular weight excluding hydrogens is 357 g/mol. The van der Waals surface area contributed by atoms with Gasteiger partial charge < -0.3 is 5.11 Å². The molecule has 0 aliphatic carbocycles. The average Bonchev–Trinajstić information content (AvgIpc) is 3.16. The van der Waals surface area contributed by atoms with Crippen LogP contribution in [0.5, 0.6) is 0 Å². The van der Waals surface area contributed by atoms with Crippen molar-refractivity contribution < 1.29 is 14.3 Å². The highest BCUT2D eigenvalue weighted by Gasteiger charge is 2.23. The van der Waals surface area contributed by atoms with Gasteiger partial charge in [-0.05, 0) is 55.1 Å². The first-order valence-electron chi connectivity index (χ1n) is 9.44. The highest BCUT2D eigenvalue weighted by molar-refractivity contribution is 5.87. The smallest absolute Gasteiger partial charge is 0.335 e. The van der Waals surface area contributed by atoms with Crippen molar-refractivity contribution >= 4 is 5.97 Å². The minimum Gasteiger partial charge on any atom is -0.478 e. The first-order valence-corrected chi connectivity index (χ1v) is 9.44. The quantitative estimate of drug-likeness (QED) is 0.694. The molecule has 1 aromatic heterocycles. The minimum absolute atomic E-state index is 0.263. The van der Waals surface area contributed by atoms with Gasteiger partial charge in [0.2, 0.25) is 0 Å². The van der Waals surface area contributed by atoms with Crippen LogP contribution in [0.15, 0.2) is 54.7 Å². The molecule has 0 amide bonds. The molecule has 2 aromatic carbocycles. The fourth-order valence-electron chi connectivity index (χ4n) is 3.93. The molecule has 1 aliphatic heterocycles. The Bertz CT molecular complexity index is 968. The molecule has 1 aliphatic rings. The Balaban J connectivity index is 1.48. The van der Waals surface area contributed by atoms with Gasteiger partial charge in [0.25, 0.3) is 0 Å². The zero-order valence-corrected chi connectivity index (χ0v) is 15.4. The number of aromatic amines is 1. The second-order valence-electron chi connectivity index (χ2n) is 7.28. The Morgan fingerprint density at radius 3 is 2.82 bits per heavy atom. The summed E-state index contributed by atoms with van der Waals surface area (Å²) < 4.78 is 13.6. The van der Waals surface area contributed by atoms with Crippen LogP contribution in [0.25, 0.3) is 11.3 Å². The van der Waals surface area contributed by atoms with E-state index >= 15 is 0 Å². The van der Waals surface area contributed by atoms with Gasteiger partial charge in [0.1, 0.15) is 5.82 Å². The zero-order valence-electron chi connectivity index (χ0n) is 15.4. The summed E-state index contributed by atoms with van der Waals surface area (Å²) in [5.41, 5.74) is 4.19. The van der Waals surface area contributed by atoms with Gasteiger partial charge in [-0.1, -0.05) is 24.3 Å². The second kappa shape index (κ2) is 7.94. The van der Waals surface area contributed by atoms with E-state index in [0.717, 1.165) is 49.3 Å². The number of piperidine rings is 1. The Labute approximate surface area is 162 Å². The van der Waals surface area contributed by atoms with Crippen molar-refractivity contribution in [2.45, 2.75) is 25.3 Å². The number of carboxylic acid groups (broad SMARTS) is 1. The third kappa shape index (κ3) is 3.97. The SMILES string of the molecule is O=C(O)c1ccc([C@@H]2CCCN(Cc3cn[nH]c3-c3cccc(F)c3)C2)cc1. The first kappa shape index (κ1) is 18.4. The van der Waals surface area contributed by atoms with Crippen molar-refractivity contribution in [2.24, 2.45) is 0 Å². The number of nitrogens with one attached hydrogen (secondary N) is 1. The Hall–Kier alpha value is -2.99. The zero-order chi connectivity index (χ0) is 19.5. The van der Waals surface area contributed by atoms with Gasteiger partial charge in [-0.15, -0.1) is 0 Å². The molecular formula is C22H22FN3O2. The van der Waals surface area contributed by atoms with Gasteiger partial charge in [-0.25, -0.2) is 9.18 Å². The van der Waals surface area contributed by atoms with E-state index in [9.17, 15) is 9.18 Å². The van der Waals surface area contributed by atoms with Crippen molar-refractivity contribution in [2.75, 3.05) is 13.1 Å². The highest BCUT2D eigenvalue weighted by Crippen LogP contribution is 2.29. The molecule has 0 unspecified atom stereocenters. The van der Waals surface area contributed by atoms with E-state index in [1.807, 2.05) is 24.4 Å². The van der Waals surface area contributed by atoms with Gasteiger partial charge in [0.15, 0.2) is 0 Å². The van der Waals surface area contributed by atoms with E-state index < -0.39 is 5.97 Å². The summed E-state index contributed by atoms with van der Waals surface area (Å²) in [5.74, 6) is -0.788. The van der Waals surface area contributed by atoms with Crippen LogP contribution in [-0.4, -0.2) is 39.3 Å². The van der Waals surface area contributed by atoms with E-state index in [1.54, 1.807) is 18.2 Å². The van der Waals surface area contributed by atoms with Crippen LogP contribution in [-0.2, 0) is 6.54 Å². The lowest BCUT2D eigenvalue weighted by atomic mass is 9.90. The number of H-pyrrole nitrogens is 1. The maximum atomic E-state index is 13.6. The number of hydrogen-bond acceptors (Lipinski definition) is 3. The summed E-state index contributed by atoms with van der Waals surface area (Å²) in [6.45, 7) is 2.64. The predicted octanol–water partition coefficient (Wildman–Crippen LogP) is 4.29. The number of aromatic carboxylic acids is 1. The number of carboxylic acids is 1. The highest BCUT2D eigenvalue weighted by atomic mass is 19.1. The number of halogens is 1. The molecule has 2 N–H and O–H groups in total. The average molecular weight is 379 g/mol. The molecule has 1 fully saturated rings. The fourth-order valence-corrected chi connectivity index (χ4v) is 3.93. The van der Waals surface area contributed by atoms with Crippen molar-refractivity contribution in [1.29, 1.82) is 0 Å². The van der Waals surface area contributed by atoms with Gasteiger partial charge in [-0.3, -0.25) is 10.00 Å². The largest absolute Gasteiger partial charge is 0.478 e. The van der Waals surface area contributed by atoms with E-state index in [-0.39, 0.29) is 5.82 Å². The first-order chi connectivity index (χ1) is 13.6. The van der Waals surface area contributed by atoms with Crippen LogP contribution in [0.3, 0.4) is 0 Å². The monoisotopic (exact) mass is 379 g/mol. The van der Waals surface area contributed by atoms with Crippen LogP contribution in [0.1, 0.15) is 40.2 Å². The number of benzene rings is 2. The summed E-state index contributed by atoms with van der Waals surface area (Å²) in [6, 6.07) is 13.7. The maximum Gasteiger partial charge on any atom is 0.335 e. The summed E-state index contributed by atoms with van der Waals surface area (Å²) in [6.07, 6.45) is 3.98. The summed E-state index contributed by atoms with van der Waals surface area (Å²) >= 11 is 0. The lowest BCUT2D eigenvalue weighted by Gasteiger charge is -2.33.